The Kier molecular flexibility index (Phi) is 5.34. The fourth-order valence-corrected chi connectivity index (χ4v) is 3.98. The second-order valence-electron chi connectivity index (χ2n) is 5.45. The molecule has 1 aromatic heterocycles. The van der Waals surface area contributed by atoms with Crippen molar-refractivity contribution in [1.82, 2.24) is 15.1 Å². The van der Waals surface area contributed by atoms with E-state index in [0.29, 0.717) is 6.04 Å². The Morgan fingerprint density at radius 2 is 2.11 bits per heavy atom. The predicted octanol–water partition coefficient (Wildman–Crippen LogP) is 2.92. The van der Waals surface area contributed by atoms with E-state index in [-0.39, 0.29) is 0 Å². The number of aromatic nitrogens is 2. The van der Waals surface area contributed by atoms with Gasteiger partial charge in [0.2, 0.25) is 0 Å². The molecule has 1 fully saturated rings. The highest BCUT2D eigenvalue weighted by molar-refractivity contribution is 7.99. The van der Waals surface area contributed by atoms with Gasteiger partial charge in [-0.1, -0.05) is 13.8 Å². The molecule has 0 amide bonds. The van der Waals surface area contributed by atoms with Crippen LogP contribution in [-0.2, 0) is 26.4 Å². The van der Waals surface area contributed by atoms with Crippen LogP contribution in [0.1, 0.15) is 50.1 Å². The van der Waals surface area contributed by atoms with E-state index >= 15 is 0 Å². The molecule has 0 saturated heterocycles. The summed E-state index contributed by atoms with van der Waals surface area (Å²) in [6.45, 7) is 5.41. The summed E-state index contributed by atoms with van der Waals surface area (Å²) in [5.41, 5.74) is 4.11. The molecular weight excluding hydrogens is 254 g/mol. The molecule has 0 aromatic carbocycles. The molecule has 0 radical (unpaired) electrons. The fraction of sp³-hybridized carbons (Fsp3) is 0.800. The second-order valence-corrected chi connectivity index (χ2v) is 6.59. The summed E-state index contributed by atoms with van der Waals surface area (Å²) in [5, 5.41) is 9.27. The predicted molar refractivity (Wildman–Crippen MR) is 83.7 cm³/mol. The van der Waals surface area contributed by atoms with Gasteiger partial charge in [0.05, 0.1) is 5.69 Å². The Bertz CT molecular complexity index is 414. The molecule has 2 rings (SSSR count). The molecule has 3 nitrogen and oxygen atoms in total. The van der Waals surface area contributed by atoms with Crippen LogP contribution in [0.5, 0.6) is 0 Å². The molecule has 1 aliphatic rings. The lowest BCUT2D eigenvalue weighted by molar-refractivity contribution is 0.522. The van der Waals surface area contributed by atoms with E-state index in [1.807, 2.05) is 11.8 Å². The van der Waals surface area contributed by atoms with Crippen LogP contribution in [0.3, 0.4) is 0 Å². The van der Waals surface area contributed by atoms with Crippen molar-refractivity contribution < 1.29 is 0 Å². The molecule has 1 heterocycles. The number of nitrogens with zero attached hydrogens (tertiary/aromatic N) is 2. The molecule has 4 heteroatoms. The van der Waals surface area contributed by atoms with Crippen molar-refractivity contribution in [2.75, 3.05) is 6.26 Å². The maximum absolute atomic E-state index is 4.65. The molecular formula is C15H27N3S. The van der Waals surface area contributed by atoms with E-state index in [9.17, 15) is 0 Å². The molecule has 2 atom stereocenters. The normalized spacial score (nSPS) is 23.2. The third-order valence-electron chi connectivity index (χ3n) is 4.31. The van der Waals surface area contributed by atoms with Crippen molar-refractivity contribution in [2.45, 2.75) is 63.8 Å². The minimum absolute atomic E-state index is 0.701. The first-order valence-electron chi connectivity index (χ1n) is 7.49. The van der Waals surface area contributed by atoms with E-state index in [1.165, 1.54) is 36.2 Å². The van der Waals surface area contributed by atoms with Gasteiger partial charge in [-0.15, -0.1) is 0 Å². The summed E-state index contributed by atoms with van der Waals surface area (Å²) in [4.78, 5) is 0. The lowest BCUT2D eigenvalue weighted by Crippen LogP contribution is -2.27. The summed E-state index contributed by atoms with van der Waals surface area (Å²) in [6.07, 6.45) is 8.35. The van der Waals surface area contributed by atoms with Crippen LogP contribution in [0.25, 0.3) is 0 Å². The first kappa shape index (κ1) is 14.9. The zero-order chi connectivity index (χ0) is 13.8. The van der Waals surface area contributed by atoms with Crippen LogP contribution in [0, 0.1) is 0 Å². The summed E-state index contributed by atoms with van der Waals surface area (Å²) in [6, 6.07) is 0.701. The minimum Gasteiger partial charge on any atom is -0.310 e. The molecule has 1 aliphatic carbocycles. The maximum atomic E-state index is 4.65. The van der Waals surface area contributed by atoms with E-state index in [0.717, 1.165) is 24.6 Å². The number of hydrogen-bond donors (Lipinski definition) is 1. The number of nitrogens with one attached hydrogen (secondary N) is 1. The van der Waals surface area contributed by atoms with Crippen molar-refractivity contribution in [2.24, 2.45) is 7.05 Å². The zero-order valence-corrected chi connectivity index (χ0v) is 13.5. The van der Waals surface area contributed by atoms with Crippen LogP contribution in [-0.4, -0.2) is 27.3 Å². The van der Waals surface area contributed by atoms with E-state index in [2.05, 4.69) is 42.2 Å². The molecule has 1 N–H and O–H groups in total. The highest BCUT2D eigenvalue weighted by Crippen LogP contribution is 2.28. The van der Waals surface area contributed by atoms with Gasteiger partial charge in [0.1, 0.15) is 0 Å². The van der Waals surface area contributed by atoms with Gasteiger partial charge in [0.15, 0.2) is 0 Å². The molecule has 1 saturated carbocycles. The van der Waals surface area contributed by atoms with Gasteiger partial charge >= 0.3 is 0 Å². The number of aryl methyl sites for hydroxylation is 2. The smallest absolute Gasteiger partial charge is 0.0669 e. The summed E-state index contributed by atoms with van der Waals surface area (Å²) in [7, 11) is 2.07. The Hall–Kier alpha value is -0.480. The van der Waals surface area contributed by atoms with E-state index in [4.69, 9.17) is 0 Å². The SMILES string of the molecule is CCc1nn(C)c(CC)c1CN[C@@H]1CC[C@@H](SC)C1. The highest BCUT2D eigenvalue weighted by atomic mass is 32.2. The lowest BCUT2D eigenvalue weighted by Gasteiger charge is -2.13. The van der Waals surface area contributed by atoms with E-state index in [1.54, 1.807) is 0 Å². The second kappa shape index (κ2) is 6.80. The highest BCUT2D eigenvalue weighted by Gasteiger charge is 2.24. The first-order valence-corrected chi connectivity index (χ1v) is 8.78. The quantitative estimate of drug-likeness (QED) is 0.869. The third kappa shape index (κ3) is 3.34. The van der Waals surface area contributed by atoms with Gasteiger partial charge in [0.25, 0.3) is 0 Å². The van der Waals surface area contributed by atoms with Gasteiger partial charge in [-0.05, 0) is 38.4 Å². The molecule has 108 valence electrons. The molecule has 0 spiro atoms. The van der Waals surface area contributed by atoms with Crippen molar-refractivity contribution in [3.63, 3.8) is 0 Å². The van der Waals surface area contributed by atoms with E-state index < -0.39 is 0 Å². The summed E-state index contributed by atoms with van der Waals surface area (Å²) in [5.74, 6) is 0. The van der Waals surface area contributed by atoms with Crippen LogP contribution in [0.15, 0.2) is 0 Å². The Balaban J connectivity index is 1.99. The minimum atomic E-state index is 0.701. The molecule has 0 aliphatic heterocycles. The summed E-state index contributed by atoms with van der Waals surface area (Å²) < 4.78 is 2.06. The van der Waals surface area contributed by atoms with Crippen molar-refractivity contribution >= 4 is 11.8 Å². The zero-order valence-electron chi connectivity index (χ0n) is 12.7. The average Bonchev–Trinajstić information content (AvgIpc) is 2.99. The molecule has 0 bridgehead atoms. The number of rotatable bonds is 6. The molecule has 19 heavy (non-hydrogen) atoms. The Morgan fingerprint density at radius 3 is 2.68 bits per heavy atom. The summed E-state index contributed by atoms with van der Waals surface area (Å²) >= 11 is 2.02. The molecule has 0 unspecified atom stereocenters. The standard InChI is InChI=1S/C15H27N3S/c1-5-14-13(15(6-2)18(3)17-14)10-16-11-7-8-12(9-11)19-4/h11-12,16H,5-10H2,1-4H3/t11-,12-/m1/s1. The third-order valence-corrected chi connectivity index (χ3v) is 5.41. The van der Waals surface area contributed by atoms with Crippen LogP contribution in [0.2, 0.25) is 0 Å². The van der Waals surface area contributed by atoms with Gasteiger partial charge < -0.3 is 5.32 Å². The van der Waals surface area contributed by atoms with Crippen molar-refractivity contribution in [1.29, 1.82) is 0 Å². The van der Waals surface area contributed by atoms with Gasteiger partial charge in [-0.25, -0.2) is 0 Å². The number of thioether (sulfide) groups is 1. The lowest BCUT2D eigenvalue weighted by atomic mass is 10.1. The van der Waals surface area contributed by atoms with Crippen LogP contribution < -0.4 is 5.32 Å². The van der Waals surface area contributed by atoms with Gasteiger partial charge in [-0.3, -0.25) is 4.68 Å². The van der Waals surface area contributed by atoms with Crippen molar-refractivity contribution in [3.05, 3.63) is 17.0 Å². The average molecular weight is 281 g/mol. The van der Waals surface area contributed by atoms with Gasteiger partial charge in [0, 0.05) is 36.1 Å². The Morgan fingerprint density at radius 1 is 1.32 bits per heavy atom. The van der Waals surface area contributed by atoms with Crippen LogP contribution >= 0.6 is 11.8 Å². The monoisotopic (exact) mass is 281 g/mol. The first-order chi connectivity index (χ1) is 9.19. The largest absolute Gasteiger partial charge is 0.310 e. The fourth-order valence-electron chi connectivity index (χ4n) is 3.18. The molecule has 1 aromatic rings. The van der Waals surface area contributed by atoms with Crippen molar-refractivity contribution in [3.8, 4) is 0 Å². The van der Waals surface area contributed by atoms with Gasteiger partial charge in [-0.2, -0.15) is 16.9 Å². The maximum Gasteiger partial charge on any atom is 0.0669 e. The topological polar surface area (TPSA) is 29.9 Å². The number of hydrogen-bond acceptors (Lipinski definition) is 3. The van der Waals surface area contributed by atoms with Crippen LogP contribution in [0.4, 0.5) is 0 Å². The Labute approximate surface area is 121 Å².